The van der Waals surface area contributed by atoms with Gasteiger partial charge >= 0.3 is 18.0 Å². The van der Waals surface area contributed by atoms with Gasteiger partial charge in [-0.25, -0.2) is 19.1 Å². The summed E-state index contributed by atoms with van der Waals surface area (Å²) < 4.78 is 11.5. The van der Waals surface area contributed by atoms with E-state index in [0.717, 1.165) is 5.56 Å². The summed E-state index contributed by atoms with van der Waals surface area (Å²) in [6.07, 6.45) is 1.41. The number of aromatic nitrogens is 2. The first-order chi connectivity index (χ1) is 16.2. The standard InChI is InChI=1S/C23H23N5O6/c1-3-33-21(30)16-10-7-14(11-17(16)22(31)34-4-2)13-5-8-15(9-6-13)28-12-18(26-23(25)32)19(27-28)20(24)29/h5-12H,3-4H2,1-2H3,(H2,24,29)(H3,25,26,32). The van der Waals surface area contributed by atoms with Crippen LogP contribution in [0.2, 0.25) is 0 Å². The molecule has 5 N–H and O–H groups in total. The molecule has 0 bridgehead atoms. The van der Waals surface area contributed by atoms with Crippen LogP contribution < -0.4 is 16.8 Å². The number of amides is 3. The molecule has 0 spiro atoms. The molecular formula is C23H23N5O6. The second kappa shape index (κ2) is 10.3. The lowest BCUT2D eigenvalue weighted by Gasteiger charge is -2.11. The molecule has 3 rings (SSSR count). The Kier molecular flexibility index (Phi) is 7.26. The minimum atomic E-state index is -0.860. The third-order valence-corrected chi connectivity index (χ3v) is 4.68. The van der Waals surface area contributed by atoms with Gasteiger partial charge in [0.05, 0.1) is 41.9 Å². The normalized spacial score (nSPS) is 10.4. The molecular weight excluding hydrogens is 442 g/mol. The lowest BCUT2D eigenvalue weighted by Crippen LogP contribution is -2.22. The second-order valence-electron chi connectivity index (χ2n) is 6.94. The average molecular weight is 465 g/mol. The number of nitrogens with two attached hydrogens (primary N) is 2. The molecule has 1 aromatic heterocycles. The van der Waals surface area contributed by atoms with Crippen LogP contribution >= 0.6 is 0 Å². The zero-order valence-electron chi connectivity index (χ0n) is 18.5. The van der Waals surface area contributed by atoms with Crippen LogP contribution in [0, 0.1) is 0 Å². The number of hydrogen-bond acceptors (Lipinski definition) is 7. The van der Waals surface area contributed by atoms with Crippen molar-refractivity contribution in [1.29, 1.82) is 0 Å². The zero-order valence-corrected chi connectivity index (χ0v) is 18.5. The van der Waals surface area contributed by atoms with Gasteiger partial charge in [-0.05, 0) is 49.2 Å². The van der Waals surface area contributed by atoms with Crippen molar-refractivity contribution in [3.05, 3.63) is 65.5 Å². The Hall–Kier alpha value is -4.67. The maximum absolute atomic E-state index is 12.4. The minimum Gasteiger partial charge on any atom is -0.462 e. The predicted molar refractivity (Wildman–Crippen MR) is 123 cm³/mol. The van der Waals surface area contributed by atoms with Crippen molar-refractivity contribution in [3.63, 3.8) is 0 Å². The van der Waals surface area contributed by atoms with Gasteiger partial charge in [-0.2, -0.15) is 5.10 Å². The molecule has 0 radical (unpaired) electrons. The fraction of sp³-hybridized carbons (Fsp3) is 0.174. The van der Waals surface area contributed by atoms with E-state index < -0.39 is 23.9 Å². The Morgan fingerprint density at radius 3 is 2.03 bits per heavy atom. The third-order valence-electron chi connectivity index (χ3n) is 4.68. The van der Waals surface area contributed by atoms with E-state index >= 15 is 0 Å². The number of hydrogen-bond donors (Lipinski definition) is 3. The van der Waals surface area contributed by atoms with Crippen LogP contribution in [0.3, 0.4) is 0 Å². The van der Waals surface area contributed by atoms with Gasteiger partial charge in [0.25, 0.3) is 5.91 Å². The molecule has 0 aliphatic rings. The molecule has 0 unspecified atom stereocenters. The summed E-state index contributed by atoms with van der Waals surface area (Å²) >= 11 is 0. The highest BCUT2D eigenvalue weighted by atomic mass is 16.5. The Morgan fingerprint density at radius 2 is 1.47 bits per heavy atom. The van der Waals surface area contributed by atoms with E-state index in [-0.39, 0.29) is 35.7 Å². The van der Waals surface area contributed by atoms with E-state index in [1.165, 1.54) is 16.9 Å². The number of rotatable bonds is 8. The Morgan fingerprint density at radius 1 is 0.882 bits per heavy atom. The smallest absolute Gasteiger partial charge is 0.339 e. The first-order valence-electron chi connectivity index (χ1n) is 10.3. The molecule has 0 aliphatic carbocycles. The number of esters is 2. The largest absolute Gasteiger partial charge is 0.462 e. The summed E-state index contributed by atoms with van der Waals surface area (Å²) in [5, 5.41) is 6.41. The van der Waals surface area contributed by atoms with Crippen LogP contribution in [0.4, 0.5) is 10.5 Å². The van der Waals surface area contributed by atoms with Crippen molar-refractivity contribution >= 4 is 29.6 Å². The third kappa shape index (κ3) is 5.21. The number of nitrogens with one attached hydrogen (secondary N) is 1. The van der Waals surface area contributed by atoms with Crippen molar-refractivity contribution in [2.24, 2.45) is 11.5 Å². The maximum Gasteiger partial charge on any atom is 0.339 e. The van der Waals surface area contributed by atoms with E-state index in [9.17, 15) is 19.2 Å². The van der Waals surface area contributed by atoms with E-state index in [4.69, 9.17) is 20.9 Å². The highest BCUT2D eigenvalue weighted by molar-refractivity contribution is 6.04. The fourth-order valence-corrected chi connectivity index (χ4v) is 3.21. The highest BCUT2D eigenvalue weighted by Crippen LogP contribution is 2.26. The Bertz CT molecular complexity index is 1250. The van der Waals surface area contributed by atoms with Gasteiger partial charge in [-0.1, -0.05) is 18.2 Å². The summed E-state index contributed by atoms with van der Waals surface area (Å²) in [6, 6.07) is 10.9. The van der Waals surface area contributed by atoms with Crippen molar-refractivity contribution in [2.75, 3.05) is 18.5 Å². The molecule has 11 nitrogen and oxygen atoms in total. The summed E-state index contributed by atoms with van der Waals surface area (Å²) in [6.45, 7) is 3.68. The molecule has 0 aliphatic heterocycles. The zero-order chi connectivity index (χ0) is 24.8. The monoisotopic (exact) mass is 465 g/mol. The van der Waals surface area contributed by atoms with E-state index in [1.54, 1.807) is 50.2 Å². The molecule has 0 fully saturated rings. The molecule has 1 heterocycles. The van der Waals surface area contributed by atoms with Gasteiger partial charge < -0.3 is 26.3 Å². The number of urea groups is 1. The van der Waals surface area contributed by atoms with E-state index in [1.807, 2.05) is 0 Å². The second-order valence-corrected chi connectivity index (χ2v) is 6.94. The molecule has 11 heteroatoms. The number of anilines is 1. The van der Waals surface area contributed by atoms with Crippen molar-refractivity contribution in [3.8, 4) is 16.8 Å². The van der Waals surface area contributed by atoms with Gasteiger partial charge in [0.1, 0.15) is 0 Å². The van der Waals surface area contributed by atoms with Crippen molar-refractivity contribution in [2.45, 2.75) is 13.8 Å². The first-order valence-corrected chi connectivity index (χ1v) is 10.3. The predicted octanol–water partition coefficient (Wildman–Crippen LogP) is 2.48. The van der Waals surface area contributed by atoms with Crippen LogP contribution in [0.15, 0.2) is 48.7 Å². The summed E-state index contributed by atoms with van der Waals surface area (Å²) in [4.78, 5) is 47.5. The number of nitrogens with zero attached hydrogens (tertiary/aromatic N) is 2. The molecule has 34 heavy (non-hydrogen) atoms. The van der Waals surface area contributed by atoms with Gasteiger partial charge in [-0.15, -0.1) is 0 Å². The van der Waals surface area contributed by atoms with E-state index in [2.05, 4.69) is 10.4 Å². The molecule has 0 atom stereocenters. The Balaban J connectivity index is 1.96. The molecule has 0 saturated heterocycles. The van der Waals surface area contributed by atoms with Crippen LogP contribution in [-0.4, -0.2) is 46.9 Å². The Labute approximate surface area is 194 Å². The molecule has 3 amide bonds. The minimum absolute atomic E-state index is 0.0812. The molecule has 176 valence electrons. The summed E-state index contributed by atoms with van der Waals surface area (Å²) in [7, 11) is 0. The van der Waals surface area contributed by atoms with E-state index in [0.29, 0.717) is 11.3 Å². The molecule has 0 saturated carbocycles. The fourth-order valence-electron chi connectivity index (χ4n) is 3.21. The van der Waals surface area contributed by atoms with Gasteiger partial charge in [-0.3, -0.25) is 4.79 Å². The van der Waals surface area contributed by atoms with Crippen molar-refractivity contribution in [1.82, 2.24) is 9.78 Å². The maximum atomic E-state index is 12.4. The number of carbonyl (C=O) groups excluding carboxylic acids is 4. The number of benzene rings is 2. The highest BCUT2D eigenvalue weighted by Gasteiger charge is 2.20. The number of ether oxygens (including phenoxy) is 2. The van der Waals surface area contributed by atoms with Crippen LogP contribution in [-0.2, 0) is 9.47 Å². The van der Waals surface area contributed by atoms with Crippen LogP contribution in [0.1, 0.15) is 45.1 Å². The van der Waals surface area contributed by atoms with Crippen molar-refractivity contribution < 1.29 is 28.7 Å². The van der Waals surface area contributed by atoms with Gasteiger partial charge in [0, 0.05) is 0 Å². The summed E-state index contributed by atoms with van der Waals surface area (Å²) in [5.74, 6) is -2.07. The number of primary amides is 2. The number of carbonyl (C=O) groups is 4. The lowest BCUT2D eigenvalue weighted by atomic mass is 9.99. The van der Waals surface area contributed by atoms with Gasteiger partial charge in [0.2, 0.25) is 0 Å². The lowest BCUT2D eigenvalue weighted by molar-refractivity contribution is 0.0479. The average Bonchev–Trinajstić information content (AvgIpc) is 3.22. The van der Waals surface area contributed by atoms with Gasteiger partial charge in [0.15, 0.2) is 5.69 Å². The summed E-state index contributed by atoms with van der Waals surface area (Å²) in [5.41, 5.74) is 12.6. The SMILES string of the molecule is CCOC(=O)c1ccc(-c2ccc(-n3cc(NC(N)=O)c(C(N)=O)n3)cc2)cc1C(=O)OCC. The van der Waals surface area contributed by atoms with Crippen LogP contribution in [0.25, 0.3) is 16.8 Å². The topological polar surface area (TPSA) is 169 Å². The first kappa shape index (κ1) is 24.0. The quantitative estimate of drug-likeness (QED) is 0.429. The molecule has 2 aromatic carbocycles. The molecule has 3 aromatic rings. The van der Waals surface area contributed by atoms with Crippen LogP contribution in [0.5, 0.6) is 0 Å².